The summed E-state index contributed by atoms with van der Waals surface area (Å²) in [5.74, 6) is 0.133. The Morgan fingerprint density at radius 3 is 2.48 bits per heavy atom. The van der Waals surface area contributed by atoms with Crippen LogP contribution in [0.5, 0.6) is 0 Å². The third-order valence-corrected chi connectivity index (χ3v) is 7.71. The Labute approximate surface area is 190 Å². The lowest BCUT2D eigenvalue weighted by atomic mass is 9.98. The first-order valence-corrected chi connectivity index (χ1v) is 11.0. The van der Waals surface area contributed by atoms with Crippen molar-refractivity contribution in [2.45, 2.75) is 43.8 Å². The third-order valence-electron chi connectivity index (χ3n) is 5.64. The molecule has 5 rings (SSSR count). The van der Waals surface area contributed by atoms with Crippen LogP contribution in [-0.4, -0.2) is 41.0 Å². The van der Waals surface area contributed by atoms with Crippen molar-refractivity contribution in [3.8, 4) is 0 Å². The van der Waals surface area contributed by atoms with Gasteiger partial charge in [0.15, 0.2) is 5.13 Å². The number of aromatic nitrogens is 1. The number of halogens is 2. The summed E-state index contributed by atoms with van der Waals surface area (Å²) in [5, 5.41) is 7.84. The van der Waals surface area contributed by atoms with Crippen LogP contribution in [0.1, 0.15) is 35.4 Å². The van der Waals surface area contributed by atoms with Crippen molar-refractivity contribution < 1.29 is 4.79 Å². The fraction of sp³-hybridized carbons (Fsp3) is 0.400. The molecule has 2 aliphatic rings. The van der Waals surface area contributed by atoms with Gasteiger partial charge >= 0.3 is 0 Å². The normalized spacial score (nSPS) is 22.6. The Morgan fingerprint density at radius 1 is 1.14 bits per heavy atom. The number of fused-ring (bicyclic) bond motifs is 3. The maximum Gasteiger partial charge on any atom is 0.264 e. The number of amides is 1. The summed E-state index contributed by atoms with van der Waals surface area (Å²) in [6.07, 6.45) is 4.64. The largest absolute Gasteiger partial charge is 0.338 e. The number of nitrogens with zero attached hydrogens (tertiary/aromatic N) is 2. The van der Waals surface area contributed by atoms with Crippen molar-refractivity contribution in [1.82, 2.24) is 15.2 Å². The number of carbonyl (C=O) groups excluding carboxylic acids is 1. The summed E-state index contributed by atoms with van der Waals surface area (Å²) < 4.78 is 1.07. The first-order valence-electron chi connectivity index (χ1n) is 9.41. The zero-order valence-corrected chi connectivity index (χ0v) is 19.2. The highest BCUT2D eigenvalue weighted by molar-refractivity contribution is 7.29. The lowest BCUT2D eigenvalue weighted by molar-refractivity contribution is 0.0686. The zero-order chi connectivity index (χ0) is 18.4. The molecular weight excluding hydrogens is 447 g/mol. The average molecular weight is 471 g/mol. The molecule has 0 spiro atoms. The van der Waals surface area contributed by atoms with Crippen LogP contribution >= 0.6 is 47.5 Å². The van der Waals surface area contributed by atoms with Gasteiger partial charge in [-0.3, -0.25) is 4.79 Å². The van der Waals surface area contributed by atoms with E-state index in [-0.39, 0.29) is 30.7 Å². The average Bonchev–Trinajstić information content (AvgIpc) is 3.34. The Morgan fingerprint density at radius 2 is 1.83 bits per heavy atom. The lowest BCUT2D eigenvalue weighted by Crippen LogP contribution is -2.48. The summed E-state index contributed by atoms with van der Waals surface area (Å²) in [7, 11) is 1.96. The molecule has 2 aliphatic heterocycles. The monoisotopic (exact) mass is 470 g/mol. The second-order valence-corrected chi connectivity index (χ2v) is 9.53. The van der Waals surface area contributed by atoms with E-state index in [4.69, 9.17) is 0 Å². The highest BCUT2D eigenvalue weighted by Crippen LogP contribution is 2.36. The summed E-state index contributed by atoms with van der Waals surface area (Å²) in [6, 6.07) is 13.6. The number of hydrogen-bond donors (Lipinski definition) is 2. The van der Waals surface area contributed by atoms with Crippen LogP contribution < -0.4 is 10.6 Å². The van der Waals surface area contributed by atoms with Gasteiger partial charge in [-0.25, -0.2) is 4.98 Å². The van der Waals surface area contributed by atoms with Gasteiger partial charge in [-0.05, 0) is 43.9 Å². The van der Waals surface area contributed by atoms with Crippen LogP contribution in [0.2, 0.25) is 0 Å². The molecule has 3 aromatic rings. The number of anilines is 2. The molecule has 2 bridgehead atoms. The fourth-order valence-corrected chi connectivity index (χ4v) is 6.34. The molecule has 29 heavy (non-hydrogen) atoms. The van der Waals surface area contributed by atoms with E-state index >= 15 is 0 Å². The SMILES string of the molecule is CN(C(=O)c1cc2sc(Nc3ccccc3)nc2s1)C1CC2CCC(C1)N2.Cl.Cl. The molecule has 0 aliphatic carbocycles. The molecule has 4 heterocycles. The molecule has 2 saturated heterocycles. The zero-order valence-electron chi connectivity index (χ0n) is 16.0. The van der Waals surface area contributed by atoms with E-state index in [0.29, 0.717) is 18.1 Å². The van der Waals surface area contributed by atoms with Crippen LogP contribution in [0.15, 0.2) is 36.4 Å². The Kier molecular flexibility index (Phi) is 7.06. The number of thiazole rings is 1. The Hall–Kier alpha value is -1.38. The van der Waals surface area contributed by atoms with Crippen LogP contribution in [-0.2, 0) is 0 Å². The van der Waals surface area contributed by atoms with Crippen molar-refractivity contribution in [2.75, 3.05) is 12.4 Å². The van der Waals surface area contributed by atoms with Gasteiger partial charge in [0, 0.05) is 30.9 Å². The van der Waals surface area contributed by atoms with Gasteiger partial charge in [0.1, 0.15) is 4.83 Å². The van der Waals surface area contributed by atoms with Gasteiger partial charge in [0.2, 0.25) is 0 Å². The first kappa shape index (κ1) is 22.3. The summed E-state index contributed by atoms with van der Waals surface area (Å²) in [4.78, 5) is 21.3. The maximum absolute atomic E-state index is 13.0. The van der Waals surface area contributed by atoms with Crippen molar-refractivity contribution in [2.24, 2.45) is 0 Å². The molecule has 2 fully saturated rings. The first-order chi connectivity index (χ1) is 13.2. The third kappa shape index (κ3) is 4.54. The van der Waals surface area contributed by atoms with Crippen molar-refractivity contribution >= 4 is 73.7 Å². The van der Waals surface area contributed by atoms with Gasteiger partial charge in [0.25, 0.3) is 5.91 Å². The van der Waals surface area contributed by atoms with E-state index in [1.807, 2.05) is 48.3 Å². The van der Waals surface area contributed by atoms with E-state index in [2.05, 4.69) is 15.6 Å². The standard InChI is InChI=1S/C20H22N4OS2.2ClH/c1-24(15-9-13-7-8-14(10-15)21-13)19(25)17-11-16-18(26-17)23-20(27-16)22-12-5-3-2-4-6-12;;/h2-6,11,13-15,21H,7-10H2,1H3,(H,22,23);2*1H. The number of hydrogen-bond acceptors (Lipinski definition) is 6. The molecular formula is C20H24Cl2N4OS2. The number of piperidine rings is 1. The smallest absolute Gasteiger partial charge is 0.264 e. The van der Waals surface area contributed by atoms with Gasteiger partial charge in [0.05, 0.1) is 9.58 Å². The predicted molar refractivity (Wildman–Crippen MR) is 127 cm³/mol. The number of para-hydroxylation sites is 1. The van der Waals surface area contributed by atoms with Crippen LogP contribution in [0.3, 0.4) is 0 Å². The predicted octanol–water partition coefficient (Wildman–Crippen LogP) is 5.30. The molecule has 2 unspecified atom stereocenters. The Bertz CT molecular complexity index is 934. The quantitative estimate of drug-likeness (QED) is 0.542. The number of benzene rings is 1. The second kappa shape index (κ2) is 9.18. The molecule has 156 valence electrons. The summed E-state index contributed by atoms with van der Waals surface area (Å²) >= 11 is 3.09. The summed E-state index contributed by atoms with van der Waals surface area (Å²) in [5.41, 5.74) is 1.02. The van der Waals surface area contributed by atoms with Crippen LogP contribution in [0, 0.1) is 0 Å². The molecule has 1 amide bonds. The minimum absolute atomic E-state index is 0. The Balaban J connectivity index is 0.00000120. The molecule has 9 heteroatoms. The number of thiophene rings is 1. The fourth-order valence-electron chi connectivity index (χ4n) is 4.22. The van der Waals surface area contributed by atoms with Crippen molar-refractivity contribution in [3.05, 3.63) is 41.3 Å². The molecule has 0 saturated carbocycles. The topological polar surface area (TPSA) is 57.3 Å². The van der Waals surface area contributed by atoms with Crippen molar-refractivity contribution in [1.29, 1.82) is 0 Å². The van der Waals surface area contributed by atoms with Crippen LogP contribution in [0.25, 0.3) is 9.53 Å². The van der Waals surface area contributed by atoms with E-state index < -0.39 is 0 Å². The number of nitrogens with one attached hydrogen (secondary N) is 2. The van der Waals surface area contributed by atoms with Crippen molar-refractivity contribution in [3.63, 3.8) is 0 Å². The molecule has 2 atom stereocenters. The molecule has 0 radical (unpaired) electrons. The maximum atomic E-state index is 13.0. The van der Waals surface area contributed by atoms with Gasteiger partial charge in [-0.15, -0.1) is 36.2 Å². The molecule has 5 nitrogen and oxygen atoms in total. The summed E-state index contributed by atoms with van der Waals surface area (Å²) in [6.45, 7) is 0. The lowest BCUT2D eigenvalue weighted by Gasteiger charge is -2.35. The van der Waals surface area contributed by atoms with E-state index in [1.165, 1.54) is 24.2 Å². The molecule has 2 N–H and O–H groups in total. The second-order valence-electron chi connectivity index (χ2n) is 7.47. The van der Waals surface area contributed by atoms with Gasteiger partial charge in [-0.1, -0.05) is 29.5 Å². The van der Waals surface area contributed by atoms with E-state index in [1.54, 1.807) is 11.3 Å². The number of rotatable bonds is 4. The van der Waals surface area contributed by atoms with Gasteiger partial charge in [-0.2, -0.15) is 0 Å². The highest BCUT2D eigenvalue weighted by Gasteiger charge is 2.36. The van der Waals surface area contributed by atoms with Crippen LogP contribution in [0.4, 0.5) is 10.8 Å². The molecule has 1 aromatic carbocycles. The number of carbonyl (C=O) groups is 1. The van der Waals surface area contributed by atoms with E-state index in [9.17, 15) is 4.79 Å². The minimum atomic E-state index is 0. The van der Waals surface area contributed by atoms with Gasteiger partial charge < -0.3 is 15.5 Å². The molecule has 2 aromatic heterocycles. The minimum Gasteiger partial charge on any atom is -0.338 e. The highest BCUT2D eigenvalue weighted by atomic mass is 35.5. The van der Waals surface area contributed by atoms with E-state index in [0.717, 1.165) is 38.1 Å².